The molecule has 16 nitrogen and oxygen atoms in total. The summed E-state index contributed by atoms with van der Waals surface area (Å²) in [5.41, 5.74) is 6.89. The lowest BCUT2D eigenvalue weighted by atomic mass is 9.92. The Morgan fingerprint density at radius 3 is 2.36 bits per heavy atom. The number of amides is 3. The summed E-state index contributed by atoms with van der Waals surface area (Å²) in [6.07, 6.45) is 12.9. The van der Waals surface area contributed by atoms with Crippen LogP contribution in [0.5, 0.6) is 0 Å². The van der Waals surface area contributed by atoms with Crippen molar-refractivity contribution in [3.05, 3.63) is 108 Å². The topological polar surface area (TPSA) is 173 Å². The van der Waals surface area contributed by atoms with Crippen LogP contribution in [-0.2, 0) is 20.9 Å². The standard InChI is InChI=1S/C49H51F2N13O3/c50-36-9-14-53-38(24-36)30-59-19-21-60(22-20-59)39-4-1-33(2-5-39)47-48-34(26-52)27-55-64(48)31-43(57-47)35-28-54-63(29-35)40-12-17-62(18-13-40)46(66)23-32-10-15-61(16-11-32)44-7-3-37(25-41(44)51)56-42-6-8-45(65)58-49(42)67/h1-5,7,9,14,24-25,27-29,31-32,40,42,56H,6,8,10-13,15-23,30H2,(H,58,65,67). The lowest BCUT2D eigenvalue weighted by Gasteiger charge is -2.36. The number of hydrogen-bond donors (Lipinski definition) is 2. The van der Waals surface area contributed by atoms with E-state index in [1.807, 2.05) is 45.2 Å². The lowest BCUT2D eigenvalue weighted by Crippen LogP contribution is -2.47. The molecule has 344 valence electrons. The number of piperidine rings is 3. The molecule has 1 unspecified atom stereocenters. The van der Waals surface area contributed by atoms with Gasteiger partial charge in [0.05, 0.1) is 47.4 Å². The van der Waals surface area contributed by atoms with Gasteiger partial charge in [-0.05, 0) is 80.5 Å². The lowest BCUT2D eigenvalue weighted by molar-refractivity contribution is -0.134. The summed E-state index contributed by atoms with van der Waals surface area (Å²) in [7, 11) is 0. The second-order valence-corrected chi connectivity index (χ2v) is 18.0. The molecule has 4 aromatic heterocycles. The second kappa shape index (κ2) is 18.9. The van der Waals surface area contributed by atoms with Gasteiger partial charge in [-0.15, -0.1) is 0 Å². The Bertz CT molecular complexity index is 2830. The third-order valence-corrected chi connectivity index (χ3v) is 13.7. The first-order chi connectivity index (χ1) is 32.6. The summed E-state index contributed by atoms with van der Waals surface area (Å²) < 4.78 is 32.7. The minimum Gasteiger partial charge on any atom is -0.374 e. The predicted octanol–water partition coefficient (Wildman–Crippen LogP) is 5.81. The van der Waals surface area contributed by atoms with Crippen molar-refractivity contribution in [1.29, 1.82) is 5.26 Å². The number of carbonyl (C=O) groups is 3. The molecule has 4 aliphatic heterocycles. The zero-order chi connectivity index (χ0) is 46.0. The number of rotatable bonds is 11. The molecule has 0 saturated carbocycles. The number of aromatic nitrogens is 6. The Balaban J connectivity index is 0.726. The number of benzene rings is 2. The van der Waals surface area contributed by atoms with Crippen molar-refractivity contribution >= 4 is 40.3 Å². The van der Waals surface area contributed by atoms with E-state index in [9.17, 15) is 24.0 Å². The number of anilines is 3. The maximum atomic E-state index is 15.3. The predicted molar refractivity (Wildman–Crippen MR) is 247 cm³/mol. The van der Waals surface area contributed by atoms with E-state index < -0.39 is 11.9 Å². The van der Waals surface area contributed by atoms with Crippen LogP contribution in [0.15, 0.2) is 85.6 Å². The number of nitrogens with zero attached hydrogens (tertiary/aromatic N) is 11. The first-order valence-corrected chi connectivity index (χ1v) is 23.1. The van der Waals surface area contributed by atoms with Gasteiger partial charge in [-0.2, -0.15) is 15.5 Å². The molecule has 18 heteroatoms. The monoisotopic (exact) mass is 907 g/mol. The van der Waals surface area contributed by atoms with E-state index in [0.29, 0.717) is 79.4 Å². The SMILES string of the molecule is N#Cc1cnn2cc(-c3cnn(C4CCN(C(=O)CC5CCN(c6ccc(NC7CCC(=O)NC7=O)cc6F)CC5)CC4)c3)nc(-c3ccc(N4CCN(Cc5cc(F)ccn5)CC4)cc3)c12. The Hall–Kier alpha value is -7.26. The highest BCUT2D eigenvalue weighted by atomic mass is 19.1. The summed E-state index contributed by atoms with van der Waals surface area (Å²) in [6.45, 7) is 6.49. The summed E-state index contributed by atoms with van der Waals surface area (Å²) in [5.74, 6) is -0.977. The van der Waals surface area contributed by atoms with Crippen LogP contribution in [0.3, 0.4) is 0 Å². The molecule has 67 heavy (non-hydrogen) atoms. The second-order valence-electron chi connectivity index (χ2n) is 18.0. The van der Waals surface area contributed by atoms with Crippen LogP contribution in [-0.4, -0.2) is 115 Å². The number of imide groups is 1. The van der Waals surface area contributed by atoms with Gasteiger partial charge in [0.15, 0.2) is 0 Å². The van der Waals surface area contributed by atoms with E-state index in [1.165, 1.54) is 24.4 Å². The van der Waals surface area contributed by atoms with Crippen LogP contribution < -0.4 is 20.4 Å². The largest absolute Gasteiger partial charge is 0.374 e. The number of fused-ring (bicyclic) bond motifs is 1. The minimum absolute atomic E-state index is 0.118. The van der Waals surface area contributed by atoms with Crippen LogP contribution >= 0.6 is 0 Å². The Kier molecular flexibility index (Phi) is 12.3. The van der Waals surface area contributed by atoms with E-state index in [2.05, 4.69) is 48.7 Å². The number of halogens is 2. The van der Waals surface area contributed by atoms with Crippen molar-refractivity contribution in [2.45, 2.75) is 63.6 Å². The molecule has 4 aliphatic rings. The van der Waals surface area contributed by atoms with E-state index in [4.69, 9.17) is 10.1 Å². The van der Waals surface area contributed by atoms with Crippen LogP contribution in [0, 0.1) is 28.9 Å². The molecular formula is C49H51F2N13O3. The molecule has 0 aliphatic carbocycles. The molecule has 0 bridgehead atoms. The van der Waals surface area contributed by atoms with Crippen LogP contribution in [0.2, 0.25) is 0 Å². The molecule has 0 spiro atoms. The summed E-state index contributed by atoms with van der Waals surface area (Å²) in [6, 6.07) is 17.8. The average Bonchev–Trinajstić information content (AvgIpc) is 4.01. The van der Waals surface area contributed by atoms with Crippen molar-refractivity contribution in [3.8, 4) is 28.6 Å². The number of hydrogen-bond acceptors (Lipinski definition) is 12. The smallest absolute Gasteiger partial charge is 0.249 e. The first kappa shape index (κ1) is 43.6. The average molecular weight is 908 g/mol. The summed E-state index contributed by atoms with van der Waals surface area (Å²) >= 11 is 0. The Labute approximate surface area is 386 Å². The van der Waals surface area contributed by atoms with E-state index >= 15 is 4.39 Å². The molecule has 4 saturated heterocycles. The highest BCUT2D eigenvalue weighted by molar-refractivity contribution is 6.01. The number of carbonyl (C=O) groups excluding carboxylic acids is 3. The normalized spacial score (nSPS) is 18.9. The zero-order valence-electron chi connectivity index (χ0n) is 37.0. The van der Waals surface area contributed by atoms with Gasteiger partial charge in [0.1, 0.15) is 34.8 Å². The molecule has 2 N–H and O–H groups in total. The van der Waals surface area contributed by atoms with Gasteiger partial charge in [-0.3, -0.25) is 34.3 Å². The molecule has 1 atom stereocenters. The molecule has 2 aromatic carbocycles. The van der Waals surface area contributed by atoms with Gasteiger partial charge >= 0.3 is 0 Å². The van der Waals surface area contributed by atoms with Gasteiger partial charge in [-0.25, -0.2) is 18.3 Å². The summed E-state index contributed by atoms with van der Waals surface area (Å²) in [5, 5.41) is 24.6. The van der Waals surface area contributed by atoms with Crippen LogP contribution in [0.4, 0.5) is 25.8 Å². The molecule has 0 radical (unpaired) electrons. The molecule has 10 rings (SSSR count). The molecule has 6 aromatic rings. The third kappa shape index (κ3) is 9.55. The van der Waals surface area contributed by atoms with Crippen molar-refractivity contribution < 1.29 is 23.2 Å². The quantitative estimate of drug-likeness (QED) is 0.150. The first-order valence-electron chi connectivity index (χ1n) is 23.1. The van der Waals surface area contributed by atoms with Crippen LogP contribution in [0.1, 0.15) is 62.2 Å². The fraction of sp³-hybridized carbons (Fsp3) is 0.388. The van der Waals surface area contributed by atoms with E-state index in [0.717, 1.165) is 74.4 Å². The van der Waals surface area contributed by atoms with Gasteiger partial charge in [-0.1, -0.05) is 12.1 Å². The number of pyridine rings is 1. The molecule has 4 fully saturated rings. The van der Waals surface area contributed by atoms with Crippen LogP contribution in [0.25, 0.3) is 28.0 Å². The fourth-order valence-electron chi connectivity index (χ4n) is 9.88. The number of nitrogens with one attached hydrogen (secondary N) is 2. The van der Waals surface area contributed by atoms with Gasteiger partial charge < -0.3 is 20.0 Å². The number of nitriles is 1. The number of likely N-dealkylation sites (tertiary alicyclic amines) is 1. The highest BCUT2D eigenvalue weighted by Gasteiger charge is 2.30. The van der Waals surface area contributed by atoms with Gasteiger partial charge in [0.2, 0.25) is 17.7 Å². The van der Waals surface area contributed by atoms with Crippen molar-refractivity contribution in [1.82, 2.24) is 44.5 Å². The van der Waals surface area contributed by atoms with E-state index in [1.54, 1.807) is 22.8 Å². The van der Waals surface area contributed by atoms with E-state index in [-0.39, 0.29) is 41.8 Å². The Morgan fingerprint density at radius 1 is 0.836 bits per heavy atom. The minimum atomic E-state index is -0.583. The number of piperazine rings is 1. The maximum Gasteiger partial charge on any atom is 0.249 e. The fourth-order valence-corrected chi connectivity index (χ4v) is 9.88. The van der Waals surface area contributed by atoms with Crippen molar-refractivity contribution in [2.75, 3.05) is 67.5 Å². The third-order valence-electron chi connectivity index (χ3n) is 13.7. The highest BCUT2D eigenvalue weighted by Crippen LogP contribution is 2.33. The van der Waals surface area contributed by atoms with Crippen molar-refractivity contribution in [3.63, 3.8) is 0 Å². The van der Waals surface area contributed by atoms with Gasteiger partial charge in [0, 0.05) is 107 Å². The molecule has 3 amide bonds. The molecule has 8 heterocycles. The van der Waals surface area contributed by atoms with Gasteiger partial charge in [0.25, 0.3) is 0 Å². The van der Waals surface area contributed by atoms with Crippen molar-refractivity contribution in [2.24, 2.45) is 5.92 Å². The Morgan fingerprint density at radius 2 is 1.63 bits per heavy atom. The summed E-state index contributed by atoms with van der Waals surface area (Å²) in [4.78, 5) is 55.2. The zero-order valence-corrected chi connectivity index (χ0v) is 37.0. The molecular weight excluding hydrogens is 857 g/mol. The maximum absolute atomic E-state index is 15.3.